The Morgan fingerprint density at radius 3 is 2.45 bits per heavy atom. The molecular weight excluding hydrogens is 396 g/mol. The minimum atomic E-state index is -0.560. The second-order valence-electron chi connectivity index (χ2n) is 7.02. The van der Waals surface area contributed by atoms with Gasteiger partial charge in [-0.05, 0) is 24.3 Å². The van der Waals surface area contributed by atoms with Crippen LogP contribution in [0.15, 0.2) is 48.5 Å². The monoisotopic (exact) mass is 417 g/mol. The number of likely N-dealkylation sites (tertiary alicyclic amines) is 1. The number of carbonyl (C=O) groups is 2. The van der Waals surface area contributed by atoms with Gasteiger partial charge in [-0.3, -0.25) is 19.7 Å². The van der Waals surface area contributed by atoms with Gasteiger partial charge in [-0.25, -0.2) is 0 Å². The number of nitrogens with one attached hydrogen (secondary N) is 3. The van der Waals surface area contributed by atoms with Gasteiger partial charge in [-0.1, -0.05) is 29.8 Å². The van der Waals surface area contributed by atoms with Crippen molar-refractivity contribution in [3.63, 3.8) is 0 Å². The third-order valence-corrected chi connectivity index (χ3v) is 5.18. The van der Waals surface area contributed by atoms with E-state index in [4.69, 9.17) is 11.6 Å². The van der Waals surface area contributed by atoms with Crippen LogP contribution in [0.25, 0.3) is 0 Å². The van der Waals surface area contributed by atoms with Gasteiger partial charge < -0.3 is 15.5 Å². The molecule has 0 saturated carbocycles. The lowest BCUT2D eigenvalue weighted by Crippen LogP contribution is -3.14. The highest BCUT2D eigenvalue weighted by Gasteiger charge is 2.29. The number of para-hydroxylation sites is 1. The molecule has 1 heterocycles. The van der Waals surface area contributed by atoms with E-state index < -0.39 is 4.92 Å². The molecule has 0 spiro atoms. The summed E-state index contributed by atoms with van der Waals surface area (Å²) in [6.07, 6.45) is 1.36. The molecule has 0 unspecified atom stereocenters. The zero-order chi connectivity index (χ0) is 20.8. The van der Waals surface area contributed by atoms with Crippen molar-refractivity contribution in [1.82, 2.24) is 0 Å². The summed E-state index contributed by atoms with van der Waals surface area (Å²) in [7, 11) is 0. The fraction of sp³-hybridized carbons (Fsp3) is 0.300. The van der Waals surface area contributed by atoms with Gasteiger partial charge in [0.1, 0.15) is 5.69 Å². The number of hydrogen-bond donors (Lipinski definition) is 3. The smallest absolute Gasteiger partial charge is 0.292 e. The van der Waals surface area contributed by atoms with E-state index in [0.29, 0.717) is 31.0 Å². The highest BCUT2D eigenvalue weighted by Crippen LogP contribution is 2.27. The van der Waals surface area contributed by atoms with Crippen molar-refractivity contribution in [2.24, 2.45) is 5.92 Å². The van der Waals surface area contributed by atoms with Crippen LogP contribution in [0.1, 0.15) is 12.8 Å². The number of hydrogen-bond acceptors (Lipinski definition) is 4. The normalized spacial score (nSPS) is 18.7. The SMILES string of the molecule is O=C(C[NH+]1CCC(C(=O)Nc2ccccc2)CC1)Nc1cc(Cl)ccc1[N+](=O)[O-]. The third kappa shape index (κ3) is 5.75. The number of nitro benzene ring substituents is 1. The molecule has 8 nitrogen and oxygen atoms in total. The Kier molecular flexibility index (Phi) is 6.79. The van der Waals surface area contributed by atoms with Crippen molar-refractivity contribution in [2.45, 2.75) is 12.8 Å². The molecule has 3 N–H and O–H groups in total. The average Bonchev–Trinajstić information content (AvgIpc) is 2.69. The van der Waals surface area contributed by atoms with Crippen LogP contribution in [0.5, 0.6) is 0 Å². The Labute approximate surface area is 173 Å². The minimum Gasteiger partial charge on any atom is -0.327 e. The largest absolute Gasteiger partial charge is 0.327 e. The quantitative estimate of drug-likeness (QED) is 0.494. The number of piperidine rings is 1. The first-order valence-electron chi connectivity index (χ1n) is 9.35. The second-order valence-corrected chi connectivity index (χ2v) is 7.46. The number of carbonyl (C=O) groups excluding carboxylic acids is 2. The first-order valence-corrected chi connectivity index (χ1v) is 9.73. The molecule has 1 aliphatic heterocycles. The Bertz CT molecular complexity index is 899. The zero-order valence-electron chi connectivity index (χ0n) is 15.7. The Morgan fingerprint density at radius 1 is 1.10 bits per heavy atom. The van der Waals surface area contributed by atoms with Crippen LogP contribution in [0.2, 0.25) is 5.02 Å². The van der Waals surface area contributed by atoms with Crippen LogP contribution in [-0.4, -0.2) is 36.4 Å². The van der Waals surface area contributed by atoms with Crippen LogP contribution >= 0.6 is 11.6 Å². The summed E-state index contributed by atoms with van der Waals surface area (Å²) < 4.78 is 0. The molecule has 29 heavy (non-hydrogen) atoms. The van der Waals surface area contributed by atoms with E-state index in [1.54, 1.807) is 0 Å². The number of anilines is 2. The fourth-order valence-corrected chi connectivity index (χ4v) is 3.59. The summed E-state index contributed by atoms with van der Waals surface area (Å²) in [5, 5.41) is 16.9. The lowest BCUT2D eigenvalue weighted by Gasteiger charge is -2.28. The molecular formula is C20H22ClN4O4+. The first-order chi connectivity index (χ1) is 13.9. The van der Waals surface area contributed by atoms with E-state index >= 15 is 0 Å². The molecule has 9 heteroatoms. The topological polar surface area (TPSA) is 106 Å². The maximum Gasteiger partial charge on any atom is 0.292 e. The molecule has 2 aromatic carbocycles. The number of nitrogens with zero attached hydrogens (tertiary/aromatic N) is 1. The number of amides is 2. The minimum absolute atomic E-state index is 0.00532. The molecule has 0 aliphatic carbocycles. The van der Waals surface area contributed by atoms with Crippen LogP contribution in [-0.2, 0) is 9.59 Å². The van der Waals surface area contributed by atoms with Gasteiger partial charge in [-0.15, -0.1) is 0 Å². The van der Waals surface area contributed by atoms with Crippen LogP contribution in [0.3, 0.4) is 0 Å². The van der Waals surface area contributed by atoms with Gasteiger partial charge in [-0.2, -0.15) is 0 Å². The van der Waals surface area contributed by atoms with Crippen molar-refractivity contribution >= 4 is 40.5 Å². The zero-order valence-corrected chi connectivity index (χ0v) is 16.4. The lowest BCUT2D eigenvalue weighted by molar-refractivity contribution is -0.897. The maximum absolute atomic E-state index is 12.4. The van der Waals surface area contributed by atoms with Gasteiger partial charge in [0, 0.05) is 35.5 Å². The van der Waals surface area contributed by atoms with Gasteiger partial charge in [0.05, 0.1) is 18.0 Å². The van der Waals surface area contributed by atoms with E-state index in [2.05, 4.69) is 10.6 Å². The summed E-state index contributed by atoms with van der Waals surface area (Å²) >= 11 is 5.88. The highest BCUT2D eigenvalue weighted by molar-refractivity contribution is 6.31. The number of halogens is 1. The van der Waals surface area contributed by atoms with E-state index in [1.807, 2.05) is 30.3 Å². The lowest BCUT2D eigenvalue weighted by atomic mass is 9.96. The molecule has 3 rings (SSSR count). The van der Waals surface area contributed by atoms with Crippen molar-refractivity contribution in [2.75, 3.05) is 30.3 Å². The van der Waals surface area contributed by atoms with Crippen molar-refractivity contribution in [3.05, 3.63) is 63.7 Å². The first kappa shape index (κ1) is 20.8. The molecule has 1 aliphatic rings. The summed E-state index contributed by atoms with van der Waals surface area (Å²) in [6.45, 7) is 1.53. The molecule has 152 valence electrons. The number of nitro groups is 1. The molecule has 1 saturated heterocycles. The molecule has 2 amide bonds. The average molecular weight is 418 g/mol. The molecule has 0 radical (unpaired) electrons. The van der Waals surface area contributed by atoms with Gasteiger partial charge in [0.25, 0.3) is 11.6 Å². The van der Waals surface area contributed by atoms with Gasteiger partial charge in [0.15, 0.2) is 6.54 Å². The predicted molar refractivity (Wildman–Crippen MR) is 110 cm³/mol. The second kappa shape index (κ2) is 9.49. The summed E-state index contributed by atoms with van der Waals surface area (Å²) in [6, 6.07) is 13.4. The maximum atomic E-state index is 12.4. The van der Waals surface area contributed by atoms with E-state index in [-0.39, 0.29) is 35.7 Å². The summed E-state index contributed by atoms with van der Waals surface area (Å²) in [5.41, 5.74) is 0.660. The molecule has 2 aromatic rings. The number of quaternary nitrogens is 1. The van der Waals surface area contributed by atoms with Crippen LogP contribution in [0.4, 0.5) is 17.1 Å². The van der Waals surface area contributed by atoms with E-state index in [1.165, 1.54) is 18.2 Å². The molecule has 1 fully saturated rings. The Morgan fingerprint density at radius 2 is 1.79 bits per heavy atom. The number of benzene rings is 2. The van der Waals surface area contributed by atoms with E-state index in [9.17, 15) is 19.7 Å². The van der Waals surface area contributed by atoms with Gasteiger partial charge in [0.2, 0.25) is 5.91 Å². The predicted octanol–water partition coefficient (Wildman–Crippen LogP) is 2.12. The van der Waals surface area contributed by atoms with Crippen molar-refractivity contribution in [1.29, 1.82) is 0 Å². The third-order valence-electron chi connectivity index (χ3n) is 4.94. The van der Waals surface area contributed by atoms with Crippen LogP contribution in [0, 0.1) is 16.0 Å². The number of rotatable bonds is 6. The van der Waals surface area contributed by atoms with Crippen LogP contribution < -0.4 is 15.5 Å². The summed E-state index contributed by atoms with van der Waals surface area (Å²) in [5.74, 6) is -0.414. The molecule has 0 aromatic heterocycles. The van der Waals surface area contributed by atoms with Crippen molar-refractivity contribution in [3.8, 4) is 0 Å². The Hall–Kier alpha value is -2.97. The Balaban J connectivity index is 1.49. The van der Waals surface area contributed by atoms with Crippen molar-refractivity contribution < 1.29 is 19.4 Å². The summed E-state index contributed by atoms with van der Waals surface area (Å²) in [4.78, 5) is 36.3. The van der Waals surface area contributed by atoms with Gasteiger partial charge >= 0.3 is 0 Å². The standard InChI is InChI=1S/C20H21ClN4O4/c21-15-6-7-18(25(28)29)17(12-15)23-19(26)13-24-10-8-14(9-11-24)20(27)22-16-4-2-1-3-5-16/h1-7,12,14H,8-11,13H2,(H,22,27)(H,23,26)/p+1. The van der Waals surface area contributed by atoms with E-state index in [0.717, 1.165) is 10.6 Å². The molecule has 0 bridgehead atoms. The highest BCUT2D eigenvalue weighted by atomic mass is 35.5. The molecule has 0 atom stereocenters. The fourth-order valence-electron chi connectivity index (χ4n) is 3.42.